The first-order chi connectivity index (χ1) is 13.4. The van der Waals surface area contributed by atoms with Crippen LogP contribution in [0.25, 0.3) is 10.9 Å². The van der Waals surface area contributed by atoms with E-state index in [0.717, 1.165) is 37.7 Å². The van der Waals surface area contributed by atoms with Gasteiger partial charge in [-0.3, -0.25) is 4.98 Å². The van der Waals surface area contributed by atoms with Gasteiger partial charge in [0.1, 0.15) is 5.69 Å². The number of alkyl halides is 3. The number of fused-ring (bicyclic) bond motifs is 3. The average Bonchev–Trinajstić information content (AvgIpc) is 3.01. The van der Waals surface area contributed by atoms with E-state index in [0.29, 0.717) is 6.42 Å². The predicted molar refractivity (Wildman–Crippen MR) is 106 cm³/mol. The van der Waals surface area contributed by atoms with E-state index >= 15 is 0 Å². The maximum absolute atomic E-state index is 12.7. The highest BCUT2D eigenvalue weighted by molar-refractivity contribution is 5.85. The Morgan fingerprint density at radius 1 is 1.07 bits per heavy atom. The van der Waals surface area contributed by atoms with Gasteiger partial charge in [0.25, 0.3) is 0 Å². The molecule has 2 aromatic heterocycles. The molecule has 4 rings (SSSR count). The third-order valence-corrected chi connectivity index (χ3v) is 5.09. The molecule has 0 spiro atoms. The number of halogens is 3. The maximum Gasteiger partial charge on any atom is 0.433 e. The molecule has 6 heteroatoms. The third kappa shape index (κ3) is 4.07. The topological polar surface area (TPSA) is 21.1 Å². The van der Waals surface area contributed by atoms with Gasteiger partial charge in [-0.2, -0.15) is 13.2 Å². The Morgan fingerprint density at radius 2 is 1.82 bits per heavy atom. The third-order valence-electron chi connectivity index (χ3n) is 5.09. The number of hydrogen-bond acceptors (Lipinski definition) is 2. The molecule has 1 aliphatic heterocycles. The van der Waals surface area contributed by atoms with Gasteiger partial charge in [-0.05, 0) is 36.7 Å². The zero-order valence-electron chi connectivity index (χ0n) is 16.6. The lowest BCUT2D eigenvalue weighted by Crippen LogP contribution is -2.27. The summed E-state index contributed by atoms with van der Waals surface area (Å²) in [4.78, 5) is 5.89. The van der Waals surface area contributed by atoms with Gasteiger partial charge in [0.05, 0.1) is 0 Å². The molecule has 0 fully saturated rings. The van der Waals surface area contributed by atoms with Crippen molar-refractivity contribution in [2.24, 2.45) is 0 Å². The van der Waals surface area contributed by atoms with Crippen molar-refractivity contribution in [1.29, 1.82) is 0 Å². The van der Waals surface area contributed by atoms with Crippen LogP contribution in [0.2, 0.25) is 0 Å². The second-order valence-corrected chi connectivity index (χ2v) is 6.88. The molecular formula is C22H26F3N3. The van der Waals surface area contributed by atoms with Crippen LogP contribution in [-0.4, -0.2) is 28.0 Å². The lowest BCUT2D eigenvalue weighted by atomic mass is 10.1. The SMILES string of the molecule is CC.CN1CCc2c(c3ccccc3n2CCc2ccc(C(F)(F)F)nc2)C1. The molecule has 0 radical (unpaired) electrons. The van der Waals surface area contributed by atoms with Crippen molar-refractivity contribution in [3.8, 4) is 0 Å². The average molecular weight is 389 g/mol. The molecule has 0 atom stereocenters. The van der Waals surface area contributed by atoms with Crippen molar-refractivity contribution >= 4 is 10.9 Å². The summed E-state index contributed by atoms with van der Waals surface area (Å²) in [5, 5.41) is 1.28. The monoisotopic (exact) mass is 389 g/mol. The van der Waals surface area contributed by atoms with E-state index in [9.17, 15) is 13.2 Å². The van der Waals surface area contributed by atoms with Crippen molar-refractivity contribution in [1.82, 2.24) is 14.5 Å². The fraction of sp³-hybridized carbons (Fsp3) is 0.409. The molecule has 28 heavy (non-hydrogen) atoms. The van der Waals surface area contributed by atoms with E-state index in [1.807, 2.05) is 19.9 Å². The van der Waals surface area contributed by atoms with Crippen LogP contribution < -0.4 is 0 Å². The van der Waals surface area contributed by atoms with E-state index in [-0.39, 0.29) is 0 Å². The number of aryl methyl sites for hydroxylation is 2. The van der Waals surface area contributed by atoms with E-state index in [2.05, 4.69) is 39.7 Å². The molecule has 0 amide bonds. The van der Waals surface area contributed by atoms with Crippen LogP contribution in [0.3, 0.4) is 0 Å². The van der Waals surface area contributed by atoms with Crippen LogP contribution in [0.15, 0.2) is 42.6 Å². The van der Waals surface area contributed by atoms with E-state index in [1.54, 1.807) is 0 Å². The smallest absolute Gasteiger partial charge is 0.344 e. The highest BCUT2D eigenvalue weighted by Gasteiger charge is 2.32. The molecule has 0 saturated heterocycles. The standard InChI is InChI=1S/C20H20F3N3.C2H6/c1-25-10-9-18-16(13-25)15-4-2-3-5-17(15)26(18)11-8-14-6-7-19(24-12-14)20(21,22)23;1-2/h2-7,12H,8-11,13H2,1H3;1-2H3. The molecule has 1 aromatic carbocycles. The first-order valence-electron chi connectivity index (χ1n) is 9.73. The molecule has 0 saturated carbocycles. The first-order valence-corrected chi connectivity index (χ1v) is 9.73. The van der Waals surface area contributed by atoms with Crippen LogP contribution >= 0.6 is 0 Å². The zero-order valence-corrected chi connectivity index (χ0v) is 16.6. The predicted octanol–water partition coefficient (Wildman–Crippen LogP) is 5.31. The number of rotatable bonds is 3. The van der Waals surface area contributed by atoms with Crippen molar-refractivity contribution in [2.45, 2.75) is 46.0 Å². The number of likely N-dealkylation sites (N-methyl/N-ethyl adjacent to an activating group) is 1. The van der Waals surface area contributed by atoms with Crippen LogP contribution in [0, 0.1) is 0 Å². The van der Waals surface area contributed by atoms with Crippen LogP contribution in [0.5, 0.6) is 0 Å². The minimum Gasteiger partial charge on any atom is -0.344 e. The Bertz CT molecular complexity index is 927. The van der Waals surface area contributed by atoms with Gasteiger partial charge in [0.2, 0.25) is 0 Å². The normalized spacial score (nSPS) is 14.5. The van der Waals surface area contributed by atoms with Crippen molar-refractivity contribution in [2.75, 3.05) is 13.6 Å². The molecule has 0 aliphatic carbocycles. The van der Waals surface area contributed by atoms with Gasteiger partial charge in [-0.15, -0.1) is 0 Å². The summed E-state index contributed by atoms with van der Waals surface area (Å²) in [7, 11) is 2.13. The zero-order chi connectivity index (χ0) is 20.3. The number of para-hydroxylation sites is 1. The number of pyridine rings is 1. The highest BCUT2D eigenvalue weighted by Crippen LogP contribution is 2.31. The van der Waals surface area contributed by atoms with E-state index in [4.69, 9.17) is 0 Å². The second-order valence-electron chi connectivity index (χ2n) is 6.88. The van der Waals surface area contributed by atoms with Crippen LogP contribution in [-0.2, 0) is 32.1 Å². The van der Waals surface area contributed by atoms with E-state index in [1.165, 1.54) is 34.4 Å². The second kappa shape index (κ2) is 8.35. The van der Waals surface area contributed by atoms with Crippen LogP contribution in [0.4, 0.5) is 13.2 Å². The highest BCUT2D eigenvalue weighted by atomic mass is 19.4. The minimum absolute atomic E-state index is 0.659. The molecule has 0 N–H and O–H groups in total. The fourth-order valence-corrected chi connectivity index (χ4v) is 3.77. The number of nitrogens with zero attached hydrogens (tertiary/aromatic N) is 3. The lowest BCUT2D eigenvalue weighted by molar-refractivity contribution is -0.141. The van der Waals surface area contributed by atoms with Crippen molar-refractivity contribution in [3.63, 3.8) is 0 Å². The summed E-state index contributed by atoms with van der Waals surface area (Å²) >= 11 is 0. The minimum atomic E-state index is -4.39. The van der Waals surface area contributed by atoms with Gasteiger partial charge in [-0.25, -0.2) is 0 Å². The van der Waals surface area contributed by atoms with Gasteiger partial charge >= 0.3 is 6.18 Å². The van der Waals surface area contributed by atoms with E-state index < -0.39 is 11.9 Å². The Morgan fingerprint density at radius 3 is 2.50 bits per heavy atom. The molecule has 3 aromatic rings. The van der Waals surface area contributed by atoms with Gasteiger partial charge in [-0.1, -0.05) is 38.1 Å². The Hall–Kier alpha value is -2.34. The first kappa shape index (κ1) is 20.4. The Labute approximate surface area is 163 Å². The summed E-state index contributed by atoms with van der Waals surface area (Å²) in [6.07, 6.45) is -1.40. The van der Waals surface area contributed by atoms with Crippen molar-refractivity contribution < 1.29 is 13.2 Å². The fourth-order valence-electron chi connectivity index (χ4n) is 3.77. The Balaban J connectivity index is 0.00000109. The maximum atomic E-state index is 12.7. The molecule has 150 valence electrons. The summed E-state index contributed by atoms with van der Waals surface area (Å²) in [5.74, 6) is 0. The molecular weight excluding hydrogens is 363 g/mol. The summed E-state index contributed by atoms with van der Waals surface area (Å²) in [6, 6.07) is 11.0. The largest absolute Gasteiger partial charge is 0.433 e. The number of hydrogen-bond donors (Lipinski definition) is 0. The van der Waals surface area contributed by atoms with Gasteiger partial charge < -0.3 is 9.47 Å². The summed E-state index contributed by atoms with van der Waals surface area (Å²) < 4.78 is 40.3. The Kier molecular flexibility index (Phi) is 6.08. The number of aromatic nitrogens is 2. The molecule has 0 bridgehead atoms. The van der Waals surface area contributed by atoms with Gasteiger partial charge in [0, 0.05) is 48.8 Å². The molecule has 1 aliphatic rings. The van der Waals surface area contributed by atoms with Gasteiger partial charge in [0.15, 0.2) is 0 Å². The summed E-state index contributed by atoms with van der Waals surface area (Å²) in [5.41, 5.74) is 3.90. The number of benzene rings is 1. The quantitative estimate of drug-likeness (QED) is 0.605. The molecule has 3 nitrogen and oxygen atoms in total. The molecule has 0 unspecified atom stereocenters. The van der Waals surface area contributed by atoms with Crippen LogP contribution in [0.1, 0.15) is 36.4 Å². The van der Waals surface area contributed by atoms with Crippen molar-refractivity contribution in [3.05, 3.63) is 65.1 Å². The lowest BCUT2D eigenvalue weighted by Gasteiger charge is -2.24. The summed E-state index contributed by atoms with van der Waals surface area (Å²) in [6.45, 7) is 6.70. The molecule has 3 heterocycles.